The van der Waals surface area contributed by atoms with Crippen LogP contribution in [0.4, 0.5) is 11.4 Å². The highest BCUT2D eigenvalue weighted by Crippen LogP contribution is 2.62. The van der Waals surface area contributed by atoms with Crippen molar-refractivity contribution >= 4 is 62.0 Å². The number of para-hydroxylation sites is 2. The lowest BCUT2D eigenvalue weighted by Gasteiger charge is -2.50. The van der Waals surface area contributed by atoms with Crippen LogP contribution in [0, 0.1) is 11.3 Å². The van der Waals surface area contributed by atoms with Gasteiger partial charge < -0.3 is 9.47 Å². The lowest BCUT2D eigenvalue weighted by Crippen LogP contribution is -2.74. The average molecular weight is 802 g/mol. The molecule has 1 aliphatic carbocycles. The Balaban J connectivity index is 1.24. The Morgan fingerprint density at radius 3 is 1.77 bits per heavy atom. The van der Waals surface area contributed by atoms with Crippen molar-refractivity contribution in [1.29, 1.82) is 5.26 Å². The van der Waals surface area contributed by atoms with E-state index in [9.17, 15) is 5.26 Å². The van der Waals surface area contributed by atoms with Gasteiger partial charge in [0.15, 0.2) is 8.07 Å². The fourth-order valence-electron chi connectivity index (χ4n) is 11.4. The first-order valence-electron chi connectivity index (χ1n) is 21.7. The molecule has 2 atom stereocenters. The summed E-state index contributed by atoms with van der Waals surface area (Å²) < 4.78 is 2.52. The number of anilines is 2. The van der Waals surface area contributed by atoms with Crippen LogP contribution in [0.5, 0.6) is 0 Å². The molecule has 0 saturated heterocycles. The number of hydrogen-bond donors (Lipinski definition) is 0. The van der Waals surface area contributed by atoms with E-state index in [2.05, 4.69) is 217 Å². The lowest BCUT2D eigenvalue weighted by atomic mass is 9.61. The molecule has 1 fully saturated rings. The second-order valence-electron chi connectivity index (χ2n) is 17.5. The van der Waals surface area contributed by atoms with Gasteiger partial charge in [-0.05, 0) is 106 Å². The van der Waals surface area contributed by atoms with Gasteiger partial charge in [-0.15, -0.1) is 0 Å². The van der Waals surface area contributed by atoms with E-state index in [1.54, 1.807) is 0 Å². The molecule has 3 nitrogen and oxygen atoms in total. The molecular formula is C57H47N3Si. The summed E-state index contributed by atoms with van der Waals surface area (Å²) in [5.74, 6) is 0. The Hall–Kier alpha value is -6.93. The molecule has 4 heteroatoms. The number of fused-ring (bicyclic) bond motifs is 6. The Labute approximate surface area is 359 Å². The quantitative estimate of drug-likeness (QED) is 0.119. The first kappa shape index (κ1) is 37.1. The predicted octanol–water partition coefficient (Wildman–Crippen LogP) is 11.4. The van der Waals surface area contributed by atoms with Gasteiger partial charge in [-0.2, -0.15) is 5.26 Å². The number of rotatable bonds is 7. The molecule has 9 aromatic rings. The minimum atomic E-state index is -2.81. The Bertz CT molecular complexity index is 3030. The van der Waals surface area contributed by atoms with E-state index in [0.29, 0.717) is 5.56 Å². The van der Waals surface area contributed by atoms with Gasteiger partial charge in [0.25, 0.3) is 0 Å². The maximum absolute atomic E-state index is 9.77. The van der Waals surface area contributed by atoms with Crippen LogP contribution in [-0.4, -0.2) is 18.2 Å². The van der Waals surface area contributed by atoms with Crippen molar-refractivity contribution in [3.63, 3.8) is 0 Å². The Kier molecular flexibility index (Phi) is 8.74. The molecule has 294 valence electrons. The van der Waals surface area contributed by atoms with E-state index in [1.807, 2.05) is 12.1 Å². The lowest BCUT2D eigenvalue weighted by molar-refractivity contribution is 0.195. The second kappa shape index (κ2) is 14.4. The molecule has 2 aliphatic rings. The molecular weight excluding hydrogens is 755 g/mol. The molecule has 8 aromatic carbocycles. The summed E-state index contributed by atoms with van der Waals surface area (Å²) in [5.41, 5.74) is 10.3. The van der Waals surface area contributed by atoms with Gasteiger partial charge >= 0.3 is 0 Å². The van der Waals surface area contributed by atoms with Gasteiger partial charge in [-0.25, -0.2) is 0 Å². The van der Waals surface area contributed by atoms with Crippen molar-refractivity contribution in [2.45, 2.75) is 50.5 Å². The number of nitrogens with zero attached hydrogens (tertiary/aromatic N) is 3. The van der Waals surface area contributed by atoms with Crippen molar-refractivity contribution in [2.24, 2.45) is 0 Å². The summed E-state index contributed by atoms with van der Waals surface area (Å²) in [6.45, 7) is 5.04. The molecule has 61 heavy (non-hydrogen) atoms. The first-order valence-corrected chi connectivity index (χ1v) is 23.7. The van der Waals surface area contributed by atoms with Crippen LogP contribution in [0.3, 0.4) is 0 Å². The molecule has 0 bridgehead atoms. The third-order valence-corrected chi connectivity index (χ3v) is 19.3. The van der Waals surface area contributed by atoms with Crippen molar-refractivity contribution < 1.29 is 0 Å². The summed E-state index contributed by atoms with van der Waals surface area (Å²) in [7, 11) is -2.81. The summed E-state index contributed by atoms with van der Waals surface area (Å²) in [6.07, 6.45) is 4.73. The molecule has 0 spiro atoms. The zero-order valence-corrected chi connectivity index (χ0v) is 35.7. The standard InChI is InChI=1S/C57H47N3Si/c1-56-35-16-17-36-57(56,2)60(52-30-15-13-28-50(52)56)54-38-43(42-33-31-41(40-58)32-34-42)37-53-55(54)49-27-12-14-29-51(49)59(53)44-19-18-26-48(39-44)61(45-20-6-3-7-21-45,46-22-8-4-9-23-46)47-24-10-5-11-25-47/h3-15,18-34,37-39H,16-17,35-36H2,1-2H3. The van der Waals surface area contributed by atoms with Crippen LogP contribution in [0.1, 0.15) is 50.7 Å². The molecule has 2 unspecified atom stereocenters. The second-order valence-corrected chi connectivity index (χ2v) is 21.3. The highest BCUT2D eigenvalue weighted by atomic mass is 28.3. The van der Waals surface area contributed by atoms with Crippen LogP contribution < -0.4 is 25.6 Å². The third-order valence-electron chi connectivity index (χ3n) is 14.5. The summed E-state index contributed by atoms with van der Waals surface area (Å²) in [4.78, 5) is 2.74. The van der Waals surface area contributed by atoms with Gasteiger partial charge in [-0.3, -0.25) is 0 Å². The van der Waals surface area contributed by atoms with Gasteiger partial charge in [0, 0.05) is 27.6 Å². The molecule has 11 rings (SSSR count). The van der Waals surface area contributed by atoms with Gasteiger partial charge in [0.1, 0.15) is 0 Å². The van der Waals surface area contributed by atoms with E-state index >= 15 is 0 Å². The fourth-order valence-corrected chi connectivity index (χ4v) is 16.2. The van der Waals surface area contributed by atoms with Crippen molar-refractivity contribution in [3.05, 3.63) is 211 Å². The number of benzene rings is 8. The van der Waals surface area contributed by atoms with Crippen molar-refractivity contribution in [2.75, 3.05) is 4.90 Å². The van der Waals surface area contributed by atoms with Gasteiger partial charge in [-0.1, -0.05) is 171 Å². The van der Waals surface area contributed by atoms with E-state index in [1.165, 1.54) is 78.8 Å². The maximum Gasteiger partial charge on any atom is 0.179 e. The number of nitriles is 1. The highest BCUT2D eigenvalue weighted by molar-refractivity contribution is 7.19. The Morgan fingerprint density at radius 2 is 1.10 bits per heavy atom. The zero-order valence-electron chi connectivity index (χ0n) is 34.7. The minimum absolute atomic E-state index is 0.00555. The highest BCUT2D eigenvalue weighted by Gasteiger charge is 2.58. The number of aromatic nitrogens is 1. The van der Waals surface area contributed by atoms with Crippen LogP contribution in [0.15, 0.2) is 200 Å². The summed E-state index contributed by atoms with van der Waals surface area (Å²) in [5, 5.41) is 17.7. The van der Waals surface area contributed by atoms with E-state index in [0.717, 1.165) is 23.2 Å². The van der Waals surface area contributed by atoms with Gasteiger partial charge in [0.05, 0.1) is 33.9 Å². The molecule has 1 aromatic heterocycles. The zero-order chi connectivity index (χ0) is 41.2. The molecule has 0 N–H and O–H groups in total. The smallest absolute Gasteiger partial charge is 0.179 e. The molecule has 2 heterocycles. The summed E-state index contributed by atoms with van der Waals surface area (Å²) in [6, 6.07) is 76.5. The topological polar surface area (TPSA) is 32.0 Å². The largest absolute Gasteiger partial charge is 0.334 e. The van der Waals surface area contributed by atoms with E-state index < -0.39 is 8.07 Å². The fraction of sp³-hybridized carbons (Fsp3) is 0.140. The molecule has 1 aliphatic heterocycles. The van der Waals surface area contributed by atoms with Crippen molar-refractivity contribution in [1.82, 2.24) is 4.57 Å². The minimum Gasteiger partial charge on any atom is -0.334 e. The monoisotopic (exact) mass is 801 g/mol. The third kappa shape index (κ3) is 5.47. The molecule has 1 saturated carbocycles. The van der Waals surface area contributed by atoms with Crippen LogP contribution in [0.2, 0.25) is 0 Å². The van der Waals surface area contributed by atoms with Crippen LogP contribution in [0.25, 0.3) is 38.6 Å². The average Bonchev–Trinajstić information content (AvgIpc) is 3.76. The van der Waals surface area contributed by atoms with Gasteiger partial charge in [0.2, 0.25) is 0 Å². The van der Waals surface area contributed by atoms with Crippen LogP contribution >= 0.6 is 0 Å². The first-order chi connectivity index (χ1) is 30.0. The summed E-state index contributed by atoms with van der Waals surface area (Å²) >= 11 is 0. The normalized spacial score (nSPS) is 18.5. The maximum atomic E-state index is 9.77. The molecule has 0 radical (unpaired) electrons. The van der Waals surface area contributed by atoms with E-state index in [-0.39, 0.29) is 11.0 Å². The predicted molar refractivity (Wildman–Crippen MR) is 257 cm³/mol. The molecule has 0 amide bonds. The van der Waals surface area contributed by atoms with Crippen molar-refractivity contribution in [3.8, 4) is 22.9 Å². The van der Waals surface area contributed by atoms with Crippen LogP contribution in [-0.2, 0) is 5.41 Å². The Morgan fingerprint density at radius 1 is 0.508 bits per heavy atom. The SMILES string of the molecule is CC12CCCCC1(C)N(c1cc(-c3ccc(C#N)cc3)cc3c1c1ccccc1n3-c1cccc([Si](c3ccccc3)(c3ccccc3)c3ccccc3)c1)c1ccccc12. The number of hydrogen-bond acceptors (Lipinski definition) is 2. The van der Waals surface area contributed by atoms with E-state index in [4.69, 9.17) is 0 Å².